The Morgan fingerprint density at radius 2 is 1.94 bits per heavy atom. The SMILES string of the molecule is Cc1cc(Br)cc(C(O)Cc2ccccc2F)c1. The minimum absolute atomic E-state index is 0.275. The normalized spacial score (nSPS) is 12.4. The highest BCUT2D eigenvalue weighted by atomic mass is 79.9. The molecule has 94 valence electrons. The van der Waals surface area contributed by atoms with Crippen LogP contribution in [0.2, 0.25) is 0 Å². The van der Waals surface area contributed by atoms with E-state index in [-0.39, 0.29) is 12.2 Å². The summed E-state index contributed by atoms with van der Waals surface area (Å²) < 4.78 is 14.4. The molecular formula is C15H14BrFO. The van der Waals surface area contributed by atoms with E-state index in [0.717, 1.165) is 15.6 Å². The predicted molar refractivity (Wildman–Crippen MR) is 73.9 cm³/mol. The zero-order chi connectivity index (χ0) is 13.1. The second-order valence-corrected chi connectivity index (χ2v) is 5.29. The van der Waals surface area contributed by atoms with E-state index < -0.39 is 6.10 Å². The van der Waals surface area contributed by atoms with Crippen molar-refractivity contribution in [3.8, 4) is 0 Å². The fourth-order valence-corrected chi connectivity index (χ4v) is 2.57. The number of hydrogen-bond donors (Lipinski definition) is 1. The molecule has 0 saturated heterocycles. The van der Waals surface area contributed by atoms with E-state index in [9.17, 15) is 9.50 Å². The van der Waals surface area contributed by atoms with Gasteiger partial charge in [-0.15, -0.1) is 0 Å². The number of aliphatic hydroxyl groups excluding tert-OH is 1. The molecule has 3 heteroatoms. The van der Waals surface area contributed by atoms with Crippen LogP contribution in [-0.2, 0) is 6.42 Å². The molecule has 2 aromatic carbocycles. The Morgan fingerprint density at radius 1 is 1.22 bits per heavy atom. The maximum Gasteiger partial charge on any atom is 0.126 e. The van der Waals surface area contributed by atoms with Crippen molar-refractivity contribution in [3.63, 3.8) is 0 Å². The minimum atomic E-state index is -0.696. The fraction of sp³-hybridized carbons (Fsp3) is 0.200. The summed E-state index contributed by atoms with van der Waals surface area (Å²) in [5.74, 6) is -0.275. The van der Waals surface area contributed by atoms with Gasteiger partial charge in [0.1, 0.15) is 5.82 Å². The number of hydrogen-bond acceptors (Lipinski definition) is 1. The van der Waals surface area contributed by atoms with Gasteiger partial charge in [0.15, 0.2) is 0 Å². The Bertz CT molecular complexity index is 534. The number of rotatable bonds is 3. The summed E-state index contributed by atoms with van der Waals surface area (Å²) in [5.41, 5.74) is 2.39. The zero-order valence-corrected chi connectivity index (χ0v) is 11.6. The van der Waals surface area contributed by atoms with E-state index in [1.165, 1.54) is 6.07 Å². The third-order valence-corrected chi connectivity index (χ3v) is 3.28. The zero-order valence-electron chi connectivity index (χ0n) is 10.0. The van der Waals surface area contributed by atoms with E-state index in [4.69, 9.17) is 0 Å². The van der Waals surface area contributed by atoms with Crippen molar-refractivity contribution in [2.24, 2.45) is 0 Å². The molecule has 0 aliphatic rings. The molecule has 0 aliphatic heterocycles. The van der Waals surface area contributed by atoms with Crippen LogP contribution >= 0.6 is 15.9 Å². The average molecular weight is 309 g/mol. The van der Waals surface area contributed by atoms with Crippen molar-refractivity contribution in [3.05, 3.63) is 69.4 Å². The van der Waals surface area contributed by atoms with Crippen LogP contribution in [0.1, 0.15) is 22.8 Å². The molecule has 0 fully saturated rings. The highest BCUT2D eigenvalue weighted by molar-refractivity contribution is 9.10. The van der Waals surface area contributed by atoms with E-state index in [0.29, 0.717) is 5.56 Å². The molecular weight excluding hydrogens is 295 g/mol. The van der Waals surface area contributed by atoms with Crippen LogP contribution in [0, 0.1) is 12.7 Å². The lowest BCUT2D eigenvalue weighted by molar-refractivity contribution is 0.177. The van der Waals surface area contributed by atoms with Crippen molar-refractivity contribution < 1.29 is 9.50 Å². The first-order valence-electron chi connectivity index (χ1n) is 5.75. The maximum absolute atomic E-state index is 13.5. The van der Waals surface area contributed by atoms with E-state index in [2.05, 4.69) is 15.9 Å². The van der Waals surface area contributed by atoms with Crippen LogP contribution in [0.25, 0.3) is 0 Å². The highest BCUT2D eigenvalue weighted by Crippen LogP contribution is 2.24. The van der Waals surface area contributed by atoms with Crippen molar-refractivity contribution >= 4 is 15.9 Å². The molecule has 0 aliphatic carbocycles. The van der Waals surface area contributed by atoms with Crippen LogP contribution in [0.4, 0.5) is 4.39 Å². The minimum Gasteiger partial charge on any atom is -0.388 e. The van der Waals surface area contributed by atoms with Gasteiger partial charge in [-0.05, 0) is 41.8 Å². The predicted octanol–water partition coefficient (Wildman–Crippen LogP) is 4.17. The summed E-state index contributed by atoms with van der Waals surface area (Å²) in [6, 6.07) is 12.3. The number of aryl methyl sites for hydroxylation is 1. The Balaban J connectivity index is 2.22. The van der Waals surface area contributed by atoms with Crippen LogP contribution < -0.4 is 0 Å². The quantitative estimate of drug-likeness (QED) is 0.902. The lowest BCUT2D eigenvalue weighted by Crippen LogP contribution is -2.04. The van der Waals surface area contributed by atoms with Crippen LogP contribution in [-0.4, -0.2) is 5.11 Å². The molecule has 1 unspecified atom stereocenters. The largest absolute Gasteiger partial charge is 0.388 e. The van der Waals surface area contributed by atoms with E-state index in [1.807, 2.05) is 25.1 Å². The second-order valence-electron chi connectivity index (χ2n) is 4.37. The van der Waals surface area contributed by atoms with E-state index in [1.54, 1.807) is 18.2 Å². The summed E-state index contributed by atoms with van der Waals surface area (Å²) in [6.07, 6.45) is -0.416. The maximum atomic E-state index is 13.5. The van der Waals surface area contributed by atoms with Gasteiger partial charge in [-0.1, -0.05) is 40.2 Å². The van der Waals surface area contributed by atoms with Crippen LogP contribution in [0.3, 0.4) is 0 Å². The van der Waals surface area contributed by atoms with E-state index >= 15 is 0 Å². The molecule has 0 radical (unpaired) electrons. The van der Waals surface area contributed by atoms with Gasteiger partial charge >= 0.3 is 0 Å². The van der Waals surface area contributed by atoms with Crippen LogP contribution in [0.15, 0.2) is 46.9 Å². The average Bonchev–Trinajstić information content (AvgIpc) is 2.31. The molecule has 2 aromatic rings. The summed E-state index contributed by atoms with van der Waals surface area (Å²) in [4.78, 5) is 0. The third-order valence-electron chi connectivity index (χ3n) is 2.82. The van der Waals surface area contributed by atoms with Gasteiger partial charge in [0, 0.05) is 10.9 Å². The first kappa shape index (κ1) is 13.2. The van der Waals surface area contributed by atoms with Crippen molar-refractivity contribution in [1.29, 1.82) is 0 Å². The highest BCUT2D eigenvalue weighted by Gasteiger charge is 2.12. The number of aliphatic hydroxyl groups is 1. The summed E-state index contributed by atoms with van der Waals surface area (Å²) in [5, 5.41) is 10.2. The van der Waals surface area contributed by atoms with Crippen LogP contribution in [0.5, 0.6) is 0 Å². The molecule has 1 nitrogen and oxygen atoms in total. The molecule has 0 heterocycles. The molecule has 0 aromatic heterocycles. The smallest absolute Gasteiger partial charge is 0.126 e. The molecule has 0 saturated carbocycles. The van der Waals surface area contributed by atoms with Gasteiger partial charge in [-0.2, -0.15) is 0 Å². The first-order valence-corrected chi connectivity index (χ1v) is 6.54. The van der Waals surface area contributed by atoms with Gasteiger partial charge < -0.3 is 5.11 Å². The van der Waals surface area contributed by atoms with Gasteiger partial charge in [0.05, 0.1) is 6.10 Å². The summed E-state index contributed by atoms with van der Waals surface area (Å²) in [6.45, 7) is 1.96. The first-order chi connectivity index (χ1) is 8.56. The molecule has 0 amide bonds. The summed E-state index contributed by atoms with van der Waals surface area (Å²) in [7, 11) is 0. The topological polar surface area (TPSA) is 20.2 Å². The molecule has 2 rings (SSSR count). The fourth-order valence-electron chi connectivity index (χ4n) is 1.95. The standard InChI is InChI=1S/C15H14BrFO/c1-10-6-12(8-13(16)7-10)15(18)9-11-4-2-3-5-14(11)17/h2-8,15,18H,9H2,1H3. The van der Waals surface area contributed by atoms with Crippen molar-refractivity contribution in [2.45, 2.75) is 19.4 Å². The molecule has 1 atom stereocenters. The summed E-state index contributed by atoms with van der Waals surface area (Å²) >= 11 is 3.40. The lowest BCUT2D eigenvalue weighted by atomic mass is 10.00. The molecule has 1 N–H and O–H groups in total. The van der Waals surface area contributed by atoms with Gasteiger partial charge in [0.2, 0.25) is 0 Å². The van der Waals surface area contributed by atoms with Gasteiger partial charge in [-0.25, -0.2) is 4.39 Å². The molecule has 0 spiro atoms. The third kappa shape index (κ3) is 3.18. The van der Waals surface area contributed by atoms with Crippen molar-refractivity contribution in [2.75, 3.05) is 0 Å². The van der Waals surface area contributed by atoms with Crippen molar-refractivity contribution in [1.82, 2.24) is 0 Å². The number of halogens is 2. The Hall–Kier alpha value is -1.19. The molecule has 0 bridgehead atoms. The Kier molecular flexibility index (Phi) is 4.15. The lowest BCUT2D eigenvalue weighted by Gasteiger charge is -2.13. The monoisotopic (exact) mass is 308 g/mol. The van der Waals surface area contributed by atoms with Gasteiger partial charge in [-0.3, -0.25) is 0 Å². The number of benzene rings is 2. The Labute approximate surface area is 114 Å². The Morgan fingerprint density at radius 3 is 2.61 bits per heavy atom. The van der Waals surface area contributed by atoms with Gasteiger partial charge in [0.25, 0.3) is 0 Å². The second kappa shape index (κ2) is 5.63. The molecule has 18 heavy (non-hydrogen) atoms.